The van der Waals surface area contributed by atoms with Crippen LogP contribution in [-0.4, -0.2) is 133 Å². The number of hydrogen-bond donors (Lipinski definition) is 3. The maximum absolute atomic E-state index is 12.7. The predicted molar refractivity (Wildman–Crippen MR) is 190 cm³/mol. The SMILES string of the molecule is Cc1ncsc1-c1ccc(CNC(=O)C2CC(OC(=O)COCCOCCOCCOCCOCCOCCNC(=O)OC(C)(C)C)CN2)cc1. The van der Waals surface area contributed by atoms with Gasteiger partial charge in [-0.15, -0.1) is 11.3 Å². The number of amides is 2. The molecule has 1 aromatic heterocycles. The summed E-state index contributed by atoms with van der Waals surface area (Å²) in [5.74, 6) is -0.612. The summed E-state index contributed by atoms with van der Waals surface area (Å²) in [4.78, 5) is 41.8. The van der Waals surface area contributed by atoms with Gasteiger partial charge in [0.25, 0.3) is 0 Å². The van der Waals surface area contributed by atoms with E-state index in [1.165, 1.54) is 0 Å². The molecule has 1 fully saturated rings. The third-order valence-corrected chi connectivity index (χ3v) is 8.11. The maximum atomic E-state index is 12.7. The lowest BCUT2D eigenvalue weighted by atomic mass is 10.1. The number of nitrogens with zero attached hydrogens (tertiary/aromatic N) is 1. The fourth-order valence-electron chi connectivity index (χ4n) is 4.67. The first-order chi connectivity index (χ1) is 24.6. The number of alkyl carbamates (subject to hydrolysis) is 1. The number of ether oxygens (including phenoxy) is 8. The van der Waals surface area contributed by atoms with E-state index in [-0.39, 0.29) is 19.1 Å². The molecule has 3 N–H and O–H groups in total. The highest BCUT2D eigenvalue weighted by Crippen LogP contribution is 2.27. The molecular weight excluding hydrogens is 684 g/mol. The Morgan fingerprint density at radius 2 is 1.39 bits per heavy atom. The Kier molecular flexibility index (Phi) is 19.9. The van der Waals surface area contributed by atoms with E-state index in [0.717, 1.165) is 21.7 Å². The second kappa shape index (κ2) is 24.1. The van der Waals surface area contributed by atoms with Crippen molar-refractivity contribution in [1.82, 2.24) is 20.9 Å². The molecule has 3 rings (SSSR count). The minimum atomic E-state index is -0.525. The Labute approximate surface area is 304 Å². The zero-order valence-electron chi connectivity index (χ0n) is 30.2. The number of benzene rings is 1. The van der Waals surface area contributed by atoms with Crippen LogP contribution in [0.4, 0.5) is 4.79 Å². The van der Waals surface area contributed by atoms with Crippen molar-refractivity contribution >= 4 is 29.3 Å². The van der Waals surface area contributed by atoms with Crippen LogP contribution in [0.15, 0.2) is 29.8 Å². The minimum Gasteiger partial charge on any atom is -0.459 e. The lowest BCUT2D eigenvalue weighted by Gasteiger charge is -2.19. The molecule has 51 heavy (non-hydrogen) atoms. The number of thiazole rings is 1. The van der Waals surface area contributed by atoms with Crippen molar-refractivity contribution in [1.29, 1.82) is 0 Å². The van der Waals surface area contributed by atoms with Gasteiger partial charge >= 0.3 is 12.1 Å². The maximum Gasteiger partial charge on any atom is 0.407 e. The van der Waals surface area contributed by atoms with Crippen LogP contribution < -0.4 is 16.0 Å². The molecule has 0 spiro atoms. The van der Waals surface area contributed by atoms with Gasteiger partial charge in [-0.3, -0.25) is 4.79 Å². The second-order valence-corrected chi connectivity index (χ2v) is 13.4. The normalized spacial score (nSPS) is 15.8. The Morgan fingerprint density at radius 1 is 0.824 bits per heavy atom. The summed E-state index contributed by atoms with van der Waals surface area (Å²) in [5, 5.41) is 8.69. The van der Waals surface area contributed by atoms with Crippen LogP contribution in [-0.2, 0) is 54.0 Å². The Morgan fingerprint density at radius 3 is 1.94 bits per heavy atom. The van der Waals surface area contributed by atoms with Crippen molar-refractivity contribution < 1.29 is 52.3 Å². The van der Waals surface area contributed by atoms with E-state index in [9.17, 15) is 14.4 Å². The summed E-state index contributed by atoms with van der Waals surface area (Å²) in [7, 11) is 0. The first kappa shape index (κ1) is 42.2. The van der Waals surface area contributed by atoms with Gasteiger partial charge in [0.1, 0.15) is 18.3 Å². The Balaban J connectivity index is 1.05. The number of nitrogens with one attached hydrogen (secondary N) is 3. The lowest BCUT2D eigenvalue weighted by molar-refractivity contribution is -0.154. The molecule has 286 valence electrons. The quantitative estimate of drug-likeness (QED) is 0.100. The molecule has 0 saturated carbocycles. The van der Waals surface area contributed by atoms with E-state index in [0.29, 0.717) is 92.1 Å². The summed E-state index contributed by atoms with van der Waals surface area (Å²) < 4.78 is 43.1. The van der Waals surface area contributed by atoms with Crippen LogP contribution in [0.3, 0.4) is 0 Å². The first-order valence-electron chi connectivity index (χ1n) is 17.2. The predicted octanol–water partition coefficient (Wildman–Crippen LogP) is 2.63. The summed E-state index contributed by atoms with van der Waals surface area (Å²) >= 11 is 1.61. The van der Waals surface area contributed by atoms with Crippen LogP contribution in [0.2, 0.25) is 0 Å². The highest BCUT2D eigenvalue weighted by atomic mass is 32.1. The third-order valence-electron chi connectivity index (χ3n) is 7.13. The number of aromatic nitrogens is 1. The van der Waals surface area contributed by atoms with Gasteiger partial charge in [-0.2, -0.15) is 0 Å². The molecule has 2 aromatic rings. The highest BCUT2D eigenvalue weighted by Gasteiger charge is 2.31. The van der Waals surface area contributed by atoms with E-state index in [2.05, 4.69) is 20.9 Å². The number of carbonyl (C=O) groups excluding carboxylic acids is 3. The average molecular weight is 739 g/mol. The Bertz CT molecular complexity index is 1290. The van der Waals surface area contributed by atoms with Gasteiger partial charge < -0.3 is 53.8 Å². The molecule has 1 aromatic carbocycles. The van der Waals surface area contributed by atoms with E-state index in [4.69, 9.17) is 37.9 Å². The fourth-order valence-corrected chi connectivity index (χ4v) is 5.48. The van der Waals surface area contributed by atoms with Gasteiger partial charge in [0, 0.05) is 26.1 Å². The molecule has 2 amide bonds. The standard InChI is InChI=1S/C35H54N4O11S/c1-26-32(51-25-39-26)28-7-5-27(6-8-28)22-38-33(41)30-21-29(23-37-30)49-31(40)24-48-20-19-47-18-17-46-16-15-45-14-13-44-12-11-43-10-9-36-34(42)50-35(2,3)4/h5-8,25,29-30,37H,9-24H2,1-4H3,(H,36,42)(H,38,41). The van der Waals surface area contributed by atoms with Crippen LogP contribution >= 0.6 is 11.3 Å². The van der Waals surface area contributed by atoms with Crippen molar-refractivity contribution in [2.75, 3.05) is 92.4 Å². The van der Waals surface area contributed by atoms with Gasteiger partial charge in [0.2, 0.25) is 5.91 Å². The molecule has 2 atom stereocenters. The monoisotopic (exact) mass is 738 g/mol. The number of rotatable bonds is 25. The van der Waals surface area contributed by atoms with Gasteiger partial charge in [0.15, 0.2) is 0 Å². The van der Waals surface area contributed by atoms with Crippen LogP contribution in [0, 0.1) is 6.92 Å². The fraction of sp³-hybridized carbons (Fsp3) is 0.657. The molecule has 1 saturated heterocycles. The molecule has 1 aliphatic heterocycles. The zero-order chi connectivity index (χ0) is 36.7. The molecule has 2 heterocycles. The summed E-state index contributed by atoms with van der Waals surface area (Å²) in [5.41, 5.74) is 4.42. The van der Waals surface area contributed by atoms with Crippen molar-refractivity contribution in [3.63, 3.8) is 0 Å². The molecule has 2 unspecified atom stereocenters. The number of aryl methyl sites for hydroxylation is 1. The topological polar surface area (TPSA) is 174 Å². The smallest absolute Gasteiger partial charge is 0.407 e. The van der Waals surface area contributed by atoms with Gasteiger partial charge in [-0.25, -0.2) is 14.6 Å². The van der Waals surface area contributed by atoms with Crippen molar-refractivity contribution in [3.8, 4) is 10.4 Å². The summed E-state index contributed by atoms with van der Waals surface area (Å²) in [6.45, 7) is 12.7. The van der Waals surface area contributed by atoms with Gasteiger partial charge in [-0.05, 0) is 38.8 Å². The van der Waals surface area contributed by atoms with E-state index in [1.54, 1.807) is 11.3 Å². The van der Waals surface area contributed by atoms with Crippen molar-refractivity contribution in [2.24, 2.45) is 0 Å². The van der Waals surface area contributed by atoms with Crippen molar-refractivity contribution in [3.05, 3.63) is 41.0 Å². The van der Waals surface area contributed by atoms with Gasteiger partial charge in [-0.1, -0.05) is 24.3 Å². The van der Waals surface area contributed by atoms with Crippen LogP contribution in [0.1, 0.15) is 38.4 Å². The highest BCUT2D eigenvalue weighted by molar-refractivity contribution is 7.13. The molecule has 0 bridgehead atoms. The largest absolute Gasteiger partial charge is 0.459 e. The zero-order valence-corrected chi connectivity index (χ0v) is 31.0. The molecule has 16 heteroatoms. The summed E-state index contributed by atoms with van der Waals surface area (Å²) in [6.07, 6.45) is -0.457. The van der Waals surface area contributed by atoms with Gasteiger partial charge in [0.05, 0.1) is 94.8 Å². The average Bonchev–Trinajstić information content (AvgIpc) is 3.74. The van der Waals surface area contributed by atoms with E-state index >= 15 is 0 Å². The molecular formula is C35H54N4O11S. The summed E-state index contributed by atoms with van der Waals surface area (Å²) in [6, 6.07) is 7.64. The van der Waals surface area contributed by atoms with E-state index in [1.807, 2.05) is 57.5 Å². The van der Waals surface area contributed by atoms with Crippen molar-refractivity contribution in [2.45, 2.75) is 58.4 Å². The number of esters is 1. The minimum absolute atomic E-state index is 0.131. The Hall–Kier alpha value is -3.22. The molecule has 1 aliphatic rings. The van der Waals surface area contributed by atoms with Crippen LogP contribution in [0.5, 0.6) is 0 Å². The molecule has 15 nitrogen and oxygen atoms in total. The molecule has 0 radical (unpaired) electrons. The second-order valence-electron chi connectivity index (χ2n) is 12.5. The number of carbonyl (C=O) groups is 3. The van der Waals surface area contributed by atoms with E-state index < -0.39 is 29.8 Å². The first-order valence-corrected chi connectivity index (χ1v) is 18.1. The molecule has 0 aliphatic carbocycles. The third kappa shape index (κ3) is 18.7. The lowest BCUT2D eigenvalue weighted by Crippen LogP contribution is -2.39. The van der Waals surface area contributed by atoms with Crippen LogP contribution in [0.25, 0.3) is 10.4 Å². The number of hydrogen-bond acceptors (Lipinski definition) is 14.